The molecule has 2 aromatic rings. The standard InChI is InChI=1S/C7H12N2O.C4H6N2.C3H6O/c1-6(10)5-7-8-3-4-9(7)2;1-6-3-2-5-4-6;1-3-2-4-3/h3-4,6,10H,5H2,1-2H3;2-4H,1H3;3H,2H2,1H3/t6-;;3-/m0.0/s1. The smallest absolute Gasteiger partial charge is 0.110 e. The zero-order valence-electron chi connectivity index (χ0n) is 12.6. The molecule has 6 nitrogen and oxygen atoms in total. The van der Waals surface area contributed by atoms with Gasteiger partial charge in [-0.2, -0.15) is 0 Å². The lowest BCUT2D eigenvalue weighted by atomic mass is 10.3. The largest absolute Gasteiger partial charge is 0.393 e. The molecule has 6 heteroatoms. The molecule has 1 fully saturated rings. The van der Waals surface area contributed by atoms with Gasteiger partial charge in [0.05, 0.1) is 25.1 Å². The van der Waals surface area contributed by atoms with Crippen molar-refractivity contribution in [3.05, 3.63) is 36.9 Å². The van der Waals surface area contributed by atoms with Crippen molar-refractivity contribution in [2.24, 2.45) is 14.1 Å². The van der Waals surface area contributed by atoms with Crippen LogP contribution in [0.15, 0.2) is 31.1 Å². The predicted molar refractivity (Wildman–Crippen MR) is 77.2 cm³/mol. The minimum absolute atomic E-state index is 0.305. The summed E-state index contributed by atoms with van der Waals surface area (Å²) in [6.07, 6.45) is 9.90. The average molecular weight is 280 g/mol. The second-order valence-electron chi connectivity index (χ2n) is 4.88. The summed E-state index contributed by atoms with van der Waals surface area (Å²) in [6.45, 7) is 4.80. The molecular formula is C14H24N4O2. The van der Waals surface area contributed by atoms with Gasteiger partial charge in [-0.05, 0) is 13.8 Å². The summed E-state index contributed by atoms with van der Waals surface area (Å²) in [4.78, 5) is 7.84. The normalized spacial score (nSPS) is 17.4. The lowest BCUT2D eigenvalue weighted by molar-refractivity contribution is 0.192. The minimum Gasteiger partial charge on any atom is -0.393 e. The number of hydrogen-bond donors (Lipinski definition) is 1. The van der Waals surface area contributed by atoms with Gasteiger partial charge in [0.25, 0.3) is 0 Å². The van der Waals surface area contributed by atoms with Crippen LogP contribution < -0.4 is 0 Å². The van der Waals surface area contributed by atoms with Gasteiger partial charge in [-0.1, -0.05) is 0 Å². The van der Waals surface area contributed by atoms with Crippen LogP contribution in [-0.2, 0) is 25.3 Å². The Bertz CT molecular complexity index is 461. The molecule has 0 saturated carbocycles. The minimum atomic E-state index is -0.305. The molecule has 2 aromatic heterocycles. The Morgan fingerprint density at radius 3 is 2.30 bits per heavy atom. The highest BCUT2D eigenvalue weighted by Gasteiger charge is 2.13. The Morgan fingerprint density at radius 1 is 1.40 bits per heavy atom. The number of aryl methyl sites for hydroxylation is 2. The number of epoxide rings is 1. The quantitative estimate of drug-likeness (QED) is 0.838. The van der Waals surface area contributed by atoms with Crippen LogP contribution in [0.2, 0.25) is 0 Å². The Morgan fingerprint density at radius 2 is 2.05 bits per heavy atom. The van der Waals surface area contributed by atoms with Gasteiger partial charge >= 0.3 is 0 Å². The molecule has 0 unspecified atom stereocenters. The molecule has 3 rings (SSSR count). The SMILES string of the molecule is C[C@H](O)Cc1nccn1C.C[C@H]1CO1.Cn1ccnc1. The van der Waals surface area contributed by atoms with Gasteiger partial charge in [-0.15, -0.1) is 0 Å². The third-order valence-electron chi connectivity index (χ3n) is 2.54. The lowest BCUT2D eigenvalue weighted by Gasteiger charge is -2.02. The van der Waals surface area contributed by atoms with Crippen LogP contribution in [0, 0.1) is 0 Å². The van der Waals surface area contributed by atoms with Gasteiger partial charge in [-0.25, -0.2) is 9.97 Å². The molecule has 0 radical (unpaired) electrons. The van der Waals surface area contributed by atoms with Crippen molar-refractivity contribution in [2.45, 2.75) is 32.5 Å². The molecule has 3 heterocycles. The monoisotopic (exact) mass is 280 g/mol. The van der Waals surface area contributed by atoms with E-state index in [1.54, 1.807) is 25.6 Å². The van der Waals surface area contributed by atoms with Crippen LogP contribution in [0.25, 0.3) is 0 Å². The molecule has 1 N–H and O–H groups in total. The van der Waals surface area contributed by atoms with E-state index < -0.39 is 0 Å². The maximum absolute atomic E-state index is 9.00. The van der Waals surface area contributed by atoms with Crippen molar-refractivity contribution in [3.63, 3.8) is 0 Å². The molecule has 2 atom stereocenters. The van der Waals surface area contributed by atoms with Crippen molar-refractivity contribution in [2.75, 3.05) is 6.61 Å². The zero-order valence-corrected chi connectivity index (χ0v) is 12.6. The van der Waals surface area contributed by atoms with Crippen molar-refractivity contribution in [1.82, 2.24) is 19.1 Å². The van der Waals surface area contributed by atoms with E-state index in [-0.39, 0.29) is 6.10 Å². The van der Waals surface area contributed by atoms with E-state index in [2.05, 4.69) is 16.9 Å². The summed E-state index contributed by atoms with van der Waals surface area (Å²) in [6, 6.07) is 0. The van der Waals surface area contributed by atoms with Gasteiger partial charge < -0.3 is 19.0 Å². The fraction of sp³-hybridized carbons (Fsp3) is 0.571. The van der Waals surface area contributed by atoms with Crippen LogP contribution in [0.1, 0.15) is 19.7 Å². The molecular weight excluding hydrogens is 256 g/mol. The van der Waals surface area contributed by atoms with E-state index in [0.717, 1.165) is 12.4 Å². The maximum atomic E-state index is 9.00. The number of aromatic nitrogens is 4. The van der Waals surface area contributed by atoms with E-state index in [0.29, 0.717) is 12.5 Å². The molecule has 0 aliphatic carbocycles. The second-order valence-corrected chi connectivity index (χ2v) is 4.88. The summed E-state index contributed by atoms with van der Waals surface area (Å²) in [5.74, 6) is 0.926. The number of rotatable bonds is 2. The van der Waals surface area contributed by atoms with E-state index in [4.69, 9.17) is 9.84 Å². The molecule has 0 spiro atoms. The Labute approximate surface area is 120 Å². The van der Waals surface area contributed by atoms with Gasteiger partial charge in [-0.3, -0.25) is 0 Å². The molecule has 112 valence electrons. The van der Waals surface area contributed by atoms with Gasteiger partial charge in [0.2, 0.25) is 0 Å². The van der Waals surface area contributed by atoms with Crippen molar-refractivity contribution in [1.29, 1.82) is 0 Å². The molecule has 0 aromatic carbocycles. The summed E-state index contributed by atoms with van der Waals surface area (Å²) >= 11 is 0. The van der Waals surface area contributed by atoms with Crippen molar-refractivity contribution < 1.29 is 9.84 Å². The Hall–Kier alpha value is -1.66. The summed E-state index contributed by atoms with van der Waals surface area (Å²) in [5.41, 5.74) is 0. The highest BCUT2D eigenvalue weighted by molar-refractivity contribution is 4.92. The molecule has 0 amide bonds. The molecule has 0 bridgehead atoms. The number of aliphatic hydroxyl groups is 1. The fourth-order valence-electron chi connectivity index (χ4n) is 1.28. The number of ether oxygens (including phenoxy) is 1. The molecule has 1 aliphatic heterocycles. The average Bonchev–Trinajstić information content (AvgIpc) is 2.84. The third-order valence-corrected chi connectivity index (χ3v) is 2.54. The first-order chi connectivity index (χ1) is 9.49. The van der Waals surface area contributed by atoms with Crippen LogP contribution in [0.5, 0.6) is 0 Å². The first-order valence-electron chi connectivity index (χ1n) is 6.66. The molecule has 20 heavy (non-hydrogen) atoms. The fourth-order valence-corrected chi connectivity index (χ4v) is 1.28. The number of aliphatic hydroxyl groups excluding tert-OH is 1. The first kappa shape index (κ1) is 16.4. The maximum Gasteiger partial charge on any atom is 0.110 e. The highest BCUT2D eigenvalue weighted by atomic mass is 16.6. The summed E-state index contributed by atoms with van der Waals surface area (Å²) < 4.78 is 8.51. The molecule has 1 aliphatic rings. The number of hydrogen-bond acceptors (Lipinski definition) is 4. The van der Waals surface area contributed by atoms with Gasteiger partial charge in [0.15, 0.2) is 0 Å². The number of imidazole rings is 2. The van der Waals surface area contributed by atoms with Crippen LogP contribution in [0.4, 0.5) is 0 Å². The topological polar surface area (TPSA) is 68.4 Å². The second kappa shape index (κ2) is 8.50. The van der Waals surface area contributed by atoms with E-state index in [1.807, 2.05) is 35.6 Å². The zero-order chi connectivity index (χ0) is 15.0. The van der Waals surface area contributed by atoms with Gasteiger partial charge in [0, 0.05) is 45.3 Å². The van der Waals surface area contributed by atoms with Crippen molar-refractivity contribution >= 4 is 0 Å². The first-order valence-corrected chi connectivity index (χ1v) is 6.66. The summed E-state index contributed by atoms with van der Waals surface area (Å²) in [5, 5.41) is 9.00. The summed E-state index contributed by atoms with van der Waals surface area (Å²) in [7, 11) is 3.86. The Balaban J connectivity index is 0.000000168. The lowest BCUT2D eigenvalue weighted by Crippen LogP contribution is -2.08. The Kier molecular flexibility index (Phi) is 6.97. The highest BCUT2D eigenvalue weighted by Crippen LogP contribution is 2.04. The molecule has 1 saturated heterocycles. The van der Waals surface area contributed by atoms with Gasteiger partial charge in [0.1, 0.15) is 5.82 Å². The third kappa shape index (κ3) is 7.70. The van der Waals surface area contributed by atoms with Crippen LogP contribution >= 0.6 is 0 Å². The van der Waals surface area contributed by atoms with E-state index >= 15 is 0 Å². The predicted octanol–water partition coefficient (Wildman–Crippen LogP) is 1.17. The van der Waals surface area contributed by atoms with Crippen LogP contribution in [-0.4, -0.2) is 43.0 Å². The van der Waals surface area contributed by atoms with Crippen LogP contribution in [0.3, 0.4) is 0 Å². The van der Waals surface area contributed by atoms with Crippen molar-refractivity contribution in [3.8, 4) is 0 Å². The van der Waals surface area contributed by atoms with E-state index in [9.17, 15) is 0 Å². The number of nitrogens with zero attached hydrogens (tertiary/aromatic N) is 4. The van der Waals surface area contributed by atoms with E-state index in [1.165, 1.54) is 0 Å².